The number of hydrogen-bond donors (Lipinski definition) is 2. The van der Waals surface area contributed by atoms with E-state index in [1.54, 1.807) is 30.3 Å². The van der Waals surface area contributed by atoms with Gasteiger partial charge in [0.1, 0.15) is 0 Å². The van der Waals surface area contributed by atoms with Gasteiger partial charge in [0, 0.05) is 25.7 Å². The van der Waals surface area contributed by atoms with E-state index < -0.39 is 21.8 Å². The first-order chi connectivity index (χ1) is 13.9. The van der Waals surface area contributed by atoms with E-state index in [1.165, 1.54) is 4.31 Å². The van der Waals surface area contributed by atoms with Crippen molar-refractivity contribution in [3.63, 3.8) is 0 Å². The van der Waals surface area contributed by atoms with Crippen molar-refractivity contribution < 1.29 is 18.0 Å². The second kappa shape index (κ2) is 9.19. The maximum absolute atomic E-state index is 12.8. The molecule has 2 amide bonds. The molecule has 0 spiro atoms. The van der Waals surface area contributed by atoms with Crippen LogP contribution < -0.4 is 10.6 Å². The molecular weight excluding hydrogens is 390 g/mol. The average Bonchev–Trinajstić information content (AvgIpc) is 3.21. The highest BCUT2D eigenvalue weighted by atomic mass is 32.2. The van der Waals surface area contributed by atoms with Crippen molar-refractivity contribution in [2.45, 2.75) is 37.2 Å². The monoisotopic (exact) mass is 415 g/mol. The maximum atomic E-state index is 12.8. The van der Waals surface area contributed by atoms with Gasteiger partial charge in [-0.05, 0) is 37.5 Å². The van der Waals surface area contributed by atoms with E-state index in [-0.39, 0.29) is 24.0 Å². The standard InChI is InChI=1S/C21H25N3O4S/c1-16-9-11-17(12-10-16)14-22-20(25)21(26)23-15-18-6-5-13-24(18)29(27,28)19-7-3-2-4-8-19/h2-4,7-12,18H,5-6,13-15H2,1H3,(H,22,25)(H,23,26). The molecule has 0 aromatic heterocycles. The summed E-state index contributed by atoms with van der Waals surface area (Å²) >= 11 is 0. The van der Waals surface area contributed by atoms with Crippen molar-refractivity contribution in [2.24, 2.45) is 0 Å². The van der Waals surface area contributed by atoms with Crippen LogP contribution in [0.2, 0.25) is 0 Å². The number of nitrogens with zero attached hydrogens (tertiary/aromatic N) is 1. The van der Waals surface area contributed by atoms with Gasteiger partial charge in [0.05, 0.1) is 4.90 Å². The Morgan fingerprint density at radius 2 is 1.66 bits per heavy atom. The van der Waals surface area contributed by atoms with Gasteiger partial charge in [-0.25, -0.2) is 8.42 Å². The van der Waals surface area contributed by atoms with Crippen LogP contribution in [-0.2, 0) is 26.2 Å². The molecule has 1 saturated heterocycles. The Labute approximate surface area is 171 Å². The Balaban J connectivity index is 1.53. The number of aryl methyl sites for hydroxylation is 1. The van der Waals surface area contributed by atoms with Crippen molar-refractivity contribution in [1.29, 1.82) is 0 Å². The van der Waals surface area contributed by atoms with Gasteiger partial charge in [-0.2, -0.15) is 4.31 Å². The molecule has 0 aliphatic carbocycles. The van der Waals surface area contributed by atoms with E-state index in [0.717, 1.165) is 11.1 Å². The van der Waals surface area contributed by atoms with E-state index in [9.17, 15) is 18.0 Å². The number of rotatable bonds is 6. The maximum Gasteiger partial charge on any atom is 0.309 e. The van der Waals surface area contributed by atoms with Gasteiger partial charge in [0.25, 0.3) is 0 Å². The van der Waals surface area contributed by atoms with E-state index in [4.69, 9.17) is 0 Å². The summed E-state index contributed by atoms with van der Waals surface area (Å²) in [6.07, 6.45) is 1.35. The quantitative estimate of drug-likeness (QED) is 0.701. The summed E-state index contributed by atoms with van der Waals surface area (Å²) in [5, 5.41) is 5.14. The van der Waals surface area contributed by atoms with E-state index in [2.05, 4.69) is 10.6 Å². The van der Waals surface area contributed by atoms with Gasteiger partial charge in [-0.15, -0.1) is 0 Å². The molecule has 2 N–H and O–H groups in total. The highest BCUT2D eigenvalue weighted by molar-refractivity contribution is 7.89. The molecule has 8 heteroatoms. The highest BCUT2D eigenvalue weighted by Crippen LogP contribution is 2.25. The van der Waals surface area contributed by atoms with Crippen molar-refractivity contribution in [2.75, 3.05) is 13.1 Å². The number of carbonyl (C=O) groups is 2. The first kappa shape index (κ1) is 21.0. The number of amides is 2. The van der Waals surface area contributed by atoms with Gasteiger partial charge in [0.2, 0.25) is 10.0 Å². The smallest absolute Gasteiger partial charge is 0.309 e. The Morgan fingerprint density at radius 1 is 1.00 bits per heavy atom. The van der Waals surface area contributed by atoms with Gasteiger partial charge in [-0.1, -0.05) is 48.0 Å². The summed E-state index contributed by atoms with van der Waals surface area (Å²) in [7, 11) is -3.62. The van der Waals surface area contributed by atoms with E-state index in [0.29, 0.717) is 19.4 Å². The fourth-order valence-corrected chi connectivity index (χ4v) is 5.03. The fourth-order valence-electron chi connectivity index (χ4n) is 3.32. The normalized spacial score (nSPS) is 17.1. The predicted octanol–water partition coefficient (Wildman–Crippen LogP) is 1.58. The molecule has 3 rings (SSSR count). The molecule has 1 atom stereocenters. The van der Waals surface area contributed by atoms with Gasteiger partial charge in [-0.3, -0.25) is 9.59 Å². The molecule has 2 aromatic rings. The summed E-state index contributed by atoms with van der Waals surface area (Å²) in [4.78, 5) is 24.4. The number of benzene rings is 2. The molecule has 1 aliphatic heterocycles. The lowest BCUT2D eigenvalue weighted by atomic mass is 10.1. The molecule has 1 heterocycles. The molecule has 0 saturated carbocycles. The molecule has 1 aliphatic rings. The second-order valence-corrected chi connectivity index (χ2v) is 8.99. The first-order valence-electron chi connectivity index (χ1n) is 9.56. The van der Waals surface area contributed by atoms with Crippen molar-refractivity contribution in [3.8, 4) is 0 Å². The molecule has 1 fully saturated rings. The second-order valence-electron chi connectivity index (χ2n) is 7.10. The predicted molar refractivity (Wildman–Crippen MR) is 109 cm³/mol. The summed E-state index contributed by atoms with van der Waals surface area (Å²) in [5.41, 5.74) is 2.01. The molecule has 29 heavy (non-hydrogen) atoms. The molecule has 0 bridgehead atoms. The lowest BCUT2D eigenvalue weighted by Gasteiger charge is -2.24. The van der Waals surface area contributed by atoms with E-state index in [1.807, 2.05) is 31.2 Å². The van der Waals surface area contributed by atoms with Crippen LogP contribution in [0.4, 0.5) is 0 Å². The zero-order valence-electron chi connectivity index (χ0n) is 16.3. The third-order valence-corrected chi connectivity index (χ3v) is 6.92. The Morgan fingerprint density at radius 3 is 2.34 bits per heavy atom. The van der Waals surface area contributed by atoms with Gasteiger partial charge in [0.15, 0.2) is 0 Å². The highest BCUT2D eigenvalue weighted by Gasteiger charge is 2.35. The summed E-state index contributed by atoms with van der Waals surface area (Å²) in [6.45, 7) is 2.73. The van der Waals surface area contributed by atoms with Crippen LogP contribution in [0.3, 0.4) is 0 Å². The largest absolute Gasteiger partial charge is 0.346 e. The third-order valence-electron chi connectivity index (χ3n) is 4.95. The number of nitrogens with one attached hydrogen (secondary N) is 2. The minimum absolute atomic E-state index is 0.100. The van der Waals surface area contributed by atoms with Crippen molar-refractivity contribution in [3.05, 3.63) is 65.7 Å². The van der Waals surface area contributed by atoms with Crippen molar-refractivity contribution in [1.82, 2.24) is 14.9 Å². The van der Waals surface area contributed by atoms with Crippen LogP contribution in [0, 0.1) is 6.92 Å². The van der Waals surface area contributed by atoms with Crippen LogP contribution in [0.15, 0.2) is 59.5 Å². The molecule has 2 aromatic carbocycles. The summed E-state index contributed by atoms with van der Waals surface area (Å²) < 4.78 is 27.1. The third kappa shape index (κ3) is 5.21. The molecule has 154 valence electrons. The molecule has 7 nitrogen and oxygen atoms in total. The number of hydrogen-bond acceptors (Lipinski definition) is 4. The Kier molecular flexibility index (Phi) is 6.66. The van der Waals surface area contributed by atoms with Crippen LogP contribution >= 0.6 is 0 Å². The minimum atomic E-state index is -3.62. The summed E-state index contributed by atoms with van der Waals surface area (Å²) in [6, 6.07) is 15.5. The van der Waals surface area contributed by atoms with Crippen LogP contribution in [-0.4, -0.2) is 43.7 Å². The minimum Gasteiger partial charge on any atom is -0.346 e. The van der Waals surface area contributed by atoms with Crippen LogP contribution in [0.25, 0.3) is 0 Å². The molecule has 0 radical (unpaired) electrons. The first-order valence-corrected chi connectivity index (χ1v) is 11.0. The SMILES string of the molecule is Cc1ccc(CNC(=O)C(=O)NCC2CCCN2S(=O)(=O)c2ccccc2)cc1. The zero-order chi connectivity index (χ0) is 20.9. The average molecular weight is 416 g/mol. The Hall–Kier alpha value is -2.71. The van der Waals surface area contributed by atoms with Crippen LogP contribution in [0.5, 0.6) is 0 Å². The molecule has 1 unspecified atom stereocenters. The Bertz CT molecular complexity index is 959. The zero-order valence-corrected chi connectivity index (χ0v) is 17.1. The van der Waals surface area contributed by atoms with Crippen molar-refractivity contribution >= 4 is 21.8 Å². The number of sulfonamides is 1. The van der Waals surface area contributed by atoms with Gasteiger partial charge >= 0.3 is 11.8 Å². The fraction of sp³-hybridized carbons (Fsp3) is 0.333. The lowest BCUT2D eigenvalue weighted by molar-refractivity contribution is -0.139. The topological polar surface area (TPSA) is 95.6 Å². The summed E-state index contributed by atoms with van der Waals surface area (Å²) in [5.74, 6) is -1.50. The van der Waals surface area contributed by atoms with E-state index >= 15 is 0 Å². The molecular formula is C21H25N3O4S. The lowest BCUT2D eigenvalue weighted by Crippen LogP contribution is -2.46. The van der Waals surface area contributed by atoms with Gasteiger partial charge < -0.3 is 10.6 Å². The number of carbonyl (C=O) groups excluding carboxylic acids is 2. The van der Waals surface area contributed by atoms with Crippen LogP contribution in [0.1, 0.15) is 24.0 Å².